The Labute approximate surface area is 78.9 Å². The van der Waals surface area contributed by atoms with Crippen molar-refractivity contribution in [3.05, 3.63) is 35.9 Å². The molecule has 0 aliphatic heterocycles. The van der Waals surface area contributed by atoms with Crippen molar-refractivity contribution in [3.8, 4) is 11.4 Å². The van der Waals surface area contributed by atoms with Crippen molar-refractivity contribution in [2.75, 3.05) is 0 Å². The minimum Gasteiger partial charge on any atom is -0.613 e. The summed E-state index contributed by atoms with van der Waals surface area (Å²) in [6.45, 7) is 0. The van der Waals surface area contributed by atoms with E-state index in [2.05, 4.69) is 9.36 Å². The summed E-state index contributed by atoms with van der Waals surface area (Å²) in [6, 6.07) is 9.61. The molecular weight excluding hydrogens is 184 g/mol. The highest BCUT2D eigenvalue weighted by Gasteiger charge is 2.11. The first-order valence-electron chi connectivity index (χ1n) is 3.69. The molecule has 64 valence electrons. The van der Waals surface area contributed by atoms with Gasteiger partial charge in [0, 0.05) is 5.56 Å². The molecule has 1 heterocycles. The average Bonchev–Trinajstić information content (AvgIpc) is 2.67. The highest BCUT2D eigenvalue weighted by molar-refractivity contribution is 7.08. The van der Waals surface area contributed by atoms with Crippen molar-refractivity contribution in [1.29, 1.82) is 0 Å². The van der Waals surface area contributed by atoms with Crippen molar-refractivity contribution < 1.29 is 5.11 Å². The van der Waals surface area contributed by atoms with E-state index in [0.29, 0.717) is 11.0 Å². The van der Waals surface area contributed by atoms with Gasteiger partial charge in [-0.25, -0.2) is 0 Å². The van der Waals surface area contributed by atoms with Crippen LogP contribution in [-0.4, -0.2) is 9.36 Å². The maximum Gasteiger partial charge on any atom is 0.385 e. The van der Waals surface area contributed by atoms with Crippen LogP contribution in [0.1, 0.15) is 0 Å². The van der Waals surface area contributed by atoms with E-state index in [9.17, 15) is 0 Å². The van der Waals surface area contributed by atoms with Gasteiger partial charge in [0.15, 0.2) is 0 Å². The van der Waals surface area contributed by atoms with Crippen molar-refractivity contribution in [3.63, 3.8) is 0 Å². The van der Waals surface area contributed by atoms with Gasteiger partial charge in [0.2, 0.25) is 0 Å². The maximum absolute atomic E-state index is 8.56. The molecule has 0 amide bonds. The fourth-order valence-corrected chi connectivity index (χ4v) is 1.46. The van der Waals surface area contributed by atoms with Crippen LogP contribution in [0, 0.1) is 0 Å². The standard InChI is InChI=1S/C8H6N4S/c9-11-8-10-7(12-13-8)6-4-2-1-3-5-6/h1-5,11H. The SMILES string of the molecule is [N-]=[NH+]c1nc(-c2ccccc2)ns1. The van der Waals surface area contributed by atoms with Crippen molar-refractivity contribution in [2.45, 2.75) is 0 Å². The molecule has 1 aromatic carbocycles. The van der Waals surface area contributed by atoms with Gasteiger partial charge < -0.3 is 10.6 Å². The summed E-state index contributed by atoms with van der Waals surface area (Å²) in [5.74, 6) is 0.627. The van der Waals surface area contributed by atoms with E-state index in [4.69, 9.17) is 5.53 Å². The first kappa shape index (κ1) is 8.00. The number of aromatic nitrogens is 2. The lowest BCUT2D eigenvalue weighted by atomic mass is 10.2. The second-order valence-electron chi connectivity index (χ2n) is 2.40. The quantitative estimate of drug-likeness (QED) is 0.716. The number of hydrogen-bond donors (Lipinski definition) is 1. The minimum absolute atomic E-state index is 0.402. The van der Waals surface area contributed by atoms with E-state index < -0.39 is 0 Å². The van der Waals surface area contributed by atoms with Gasteiger partial charge in [-0.1, -0.05) is 18.2 Å². The molecule has 0 unspecified atom stereocenters. The molecule has 0 radical (unpaired) electrons. The molecule has 2 aromatic rings. The van der Waals surface area contributed by atoms with E-state index in [1.54, 1.807) is 0 Å². The van der Waals surface area contributed by atoms with Gasteiger partial charge in [-0.15, -0.1) is 4.37 Å². The van der Waals surface area contributed by atoms with Gasteiger partial charge in [-0.05, 0) is 17.1 Å². The topological polar surface area (TPSA) is 62.1 Å². The van der Waals surface area contributed by atoms with Gasteiger partial charge in [0.05, 0.1) is 11.5 Å². The van der Waals surface area contributed by atoms with Gasteiger partial charge in [0.1, 0.15) is 0 Å². The summed E-state index contributed by atoms with van der Waals surface area (Å²) in [5.41, 5.74) is 9.50. The monoisotopic (exact) mass is 190 g/mol. The Hall–Kier alpha value is -1.62. The maximum atomic E-state index is 8.56. The third-order valence-electron chi connectivity index (χ3n) is 1.55. The Balaban J connectivity index is 2.41. The highest BCUT2D eigenvalue weighted by Crippen LogP contribution is 2.17. The Morgan fingerprint density at radius 2 is 2.00 bits per heavy atom. The largest absolute Gasteiger partial charge is 0.613 e. The molecule has 0 aliphatic rings. The number of benzene rings is 1. The molecule has 0 spiro atoms. The summed E-state index contributed by atoms with van der Waals surface area (Å²) < 4.78 is 4.07. The lowest BCUT2D eigenvalue weighted by Gasteiger charge is -1.86. The van der Waals surface area contributed by atoms with Crippen LogP contribution in [0.4, 0.5) is 5.13 Å². The molecule has 4 nitrogen and oxygen atoms in total. The molecule has 1 N–H and O–H groups in total. The molecule has 0 aliphatic carbocycles. The normalized spacial score (nSPS) is 9.85. The second kappa shape index (κ2) is 3.40. The summed E-state index contributed by atoms with van der Waals surface area (Å²) >= 11 is 1.12. The molecule has 2 rings (SSSR count). The first-order valence-corrected chi connectivity index (χ1v) is 4.47. The van der Waals surface area contributed by atoms with Gasteiger partial charge in [-0.2, -0.15) is 0 Å². The zero-order valence-corrected chi connectivity index (χ0v) is 7.45. The van der Waals surface area contributed by atoms with Crippen LogP contribution in [0.2, 0.25) is 0 Å². The van der Waals surface area contributed by atoms with Crippen LogP contribution in [0.25, 0.3) is 16.9 Å². The van der Waals surface area contributed by atoms with Crippen LogP contribution < -0.4 is 5.11 Å². The lowest BCUT2D eigenvalue weighted by Crippen LogP contribution is -2.54. The Kier molecular flexibility index (Phi) is 2.09. The summed E-state index contributed by atoms with van der Waals surface area (Å²) in [5, 5.41) is 2.36. The van der Waals surface area contributed by atoms with Gasteiger partial charge in [0.25, 0.3) is 5.82 Å². The number of hydrogen-bond acceptors (Lipinski definition) is 3. The average molecular weight is 190 g/mol. The Morgan fingerprint density at radius 3 is 2.62 bits per heavy atom. The molecule has 1 aromatic heterocycles. The summed E-state index contributed by atoms with van der Waals surface area (Å²) in [6.07, 6.45) is 0. The van der Waals surface area contributed by atoms with Crippen LogP contribution in [0.3, 0.4) is 0 Å². The molecule has 0 bridgehead atoms. The minimum atomic E-state index is 0.402. The summed E-state index contributed by atoms with van der Waals surface area (Å²) in [4.78, 5) is 4.05. The second-order valence-corrected chi connectivity index (χ2v) is 3.15. The molecule has 5 heteroatoms. The summed E-state index contributed by atoms with van der Waals surface area (Å²) in [7, 11) is 0. The van der Waals surface area contributed by atoms with Gasteiger partial charge in [-0.3, -0.25) is 0 Å². The van der Waals surface area contributed by atoms with Crippen LogP contribution >= 0.6 is 11.5 Å². The predicted octanol–water partition coefficient (Wildman–Crippen LogP) is 0.939. The zero-order chi connectivity index (χ0) is 9.10. The van der Waals surface area contributed by atoms with Crippen molar-refractivity contribution in [2.24, 2.45) is 0 Å². The van der Waals surface area contributed by atoms with E-state index in [0.717, 1.165) is 17.1 Å². The number of nitrogens with zero attached hydrogens (tertiary/aromatic N) is 3. The number of rotatable bonds is 2. The Bertz CT molecular complexity index is 409. The fraction of sp³-hybridized carbons (Fsp3) is 0. The van der Waals surface area contributed by atoms with Crippen molar-refractivity contribution in [1.82, 2.24) is 9.36 Å². The van der Waals surface area contributed by atoms with E-state index in [1.807, 2.05) is 35.4 Å². The van der Waals surface area contributed by atoms with E-state index in [-0.39, 0.29) is 0 Å². The first-order chi connectivity index (χ1) is 6.40. The van der Waals surface area contributed by atoms with Gasteiger partial charge >= 0.3 is 5.13 Å². The third-order valence-corrected chi connectivity index (χ3v) is 2.17. The van der Waals surface area contributed by atoms with E-state index >= 15 is 0 Å². The van der Waals surface area contributed by atoms with Crippen molar-refractivity contribution >= 4 is 16.7 Å². The Morgan fingerprint density at radius 1 is 1.23 bits per heavy atom. The van der Waals surface area contributed by atoms with Crippen LogP contribution in [0.15, 0.2) is 30.3 Å². The highest BCUT2D eigenvalue weighted by atomic mass is 32.1. The molecule has 0 saturated carbocycles. The lowest BCUT2D eigenvalue weighted by molar-refractivity contribution is -0.379. The molecule has 13 heavy (non-hydrogen) atoms. The smallest absolute Gasteiger partial charge is 0.385 e. The third kappa shape index (κ3) is 1.59. The fourth-order valence-electron chi connectivity index (χ4n) is 0.973. The predicted molar refractivity (Wildman–Crippen MR) is 49.3 cm³/mol. The van der Waals surface area contributed by atoms with Crippen LogP contribution in [0.5, 0.6) is 0 Å². The van der Waals surface area contributed by atoms with E-state index in [1.165, 1.54) is 0 Å². The molecule has 0 fully saturated rings. The molecule has 0 saturated heterocycles. The molecule has 0 atom stereocenters. The number of nitrogens with one attached hydrogen (secondary N) is 1. The zero-order valence-electron chi connectivity index (χ0n) is 6.64. The molecular formula is C8H6N4S. The van der Waals surface area contributed by atoms with Crippen LogP contribution in [-0.2, 0) is 0 Å².